The Morgan fingerprint density at radius 3 is 2.83 bits per heavy atom. The maximum absolute atomic E-state index is 11.9. The molecule has 0 aromatic carbocycles. The first-order valence-corrected chi connectivity index (χ1v) is 7.27. The number of halogens is 1. The van der Waals surface area contributed by atoms with Crippen molar-refractivity contribution in [1.82, 2.24) is 10.3 Å². The first-order valence-electron chi connectivity index (χ1n) is 5.66. The van der Waals surface area contributed by atoms with Crippen LogP contribution in [0.5, 0.6) is 0 Å². The molecular formula is C13H13BrN2OS. The number of nitrogens with zero attached hydrogens (tertiary/aromatic N) is 1. The Morgan fingerprint density at radius 2 is 2.17 bits per heavy atom. The summed E-state index contributed by atoms with van der Waals surface area (Å²) in [7, 11) is 0. The van der Waals surface area contributed by atoms with Crippen LogP contribution < -0.4 is 5.32 Å². The lowest BCUT2D eigenvalue weighted by molar-refractivity contribution is 0.0951. The van der Waals surface area contributed by atoms with Gasteiger partial charge in [0.15, 0.2) is 0 Å². The van der Waals surface area contributed by atoms with Crippen molar-refractivity contribution in [2.24, 2.45) is 0 Å². The monoisotopic (exact) mass is 324 g/mol. The zero-order chi connectivity index (χ0) is 13.0. The molecule has 18 heavy (non-hydrogen) atoms. The second kappa shape index (κ2) is 6.11. The van der Waals surface area contributed by atoms with Gasteiger partial charge in [0.2, 0.25) is 0 Å². The maximum Gasteiger partial charge on any atom is 0.251 e. The maximum atomic E-state index is 11.9. The van der Waals surface area contributed by atoms with Crippen LogP contribution in [0.15, 0.2) is 35.1 Å². The summed E-state index contributed by atoms with van der Waals surface area (Å²) in [6, 6.07) is 7.58. The minimum atomic E-state index is -0.0791. The fourth-order valence-corrected chi connectivity index (χ4v) is 2.78. The van der Waals surface area contributed by atoms with Crippen LogP contribution in [0.4, 0.5) is 0 Å². The molecule has 1 amide bonds. The summed E-state index contributed by atoms with van der Waals surface area (Å²) >= 11 is 4.99. The van der Waals surface area contributed by atoms with Gasteiger partial charge in [0.25, 0.3) is 5.91 Å². The van der Waals surface area contributed by atoms with Crippen LogP contribution in [0, 0.1) is 0 Å². The van der Waals surface area contributed by atoms with Gasteiger partial charge >= 0.3 is 0 Å². The number of hydrogen-bond donors (Lipinski definition) is 1. The highest BCUT2D eigenvalue weighted by molar-refractivity contribution is 9.10. The topological polar surface area (TPSA) is 42.0 Å². The molecule has 0 unspecified atom stereocenters. The van der Waals surface area contributed by atoms with E-state index in [1.54, 1.807) is 29.7 Å². The molecule has 0 aliphatic rings. The number of carbonyl (C=O) groups excluding carboxylic acids is 1. The molecule has 0 atom stereocenters. The highest BCUT2D eigenvalue weighted by Crippen LogP contribution is 2.16. The summed E-state index contributed by atoms with van der Waals surface area (Å²) in [6.07, 6.45) is 2.65. The molecule has 2 aromatic rings. The normalized spacial score (nSPS) is 10.3. The molecule has 1 N–H and O–H groups in total. The van der Waals surface area contributed by atoms with Gasteiger partial charge in [0.1, 0.15) is 4.60 Å². The molecule has 0 bridgehead atoms. The van der Waals surface area contributed by atoms with Crippen LogP contribution >= 0.6 is 27.3 Å². The summed E-state index contributed by atoms with van der Waals surface area (Å²) in [6.45, 7) is 2.70. The molecule has 0 saturated heterocycles. The van der Waals surface area contributed by atoms with Gasteiger partial charge in [-0.2, -0.15) is 0 Å². The highest BCUT2D eigenvalue weighted by atomic mass is 79.9. The van der Waals surface area contributed by atoms with E-state index >= 15 is 0 Å². The minimum absolute atomic E-state index is 0.0791. The Morgan fingerprint density at radius 1 is 1.39 bits per heavy atom. The van der Waals surface area contributed by atoms with Gasteiger partial charge in [-0.25, -0.2) is 4.98 Å². The Balaban J connectivity index is 1.96. The predicted octanol–water partition coefficient (Wildman–Crippen LogP) is 3.40. The molecule has 0 spiro atoms. The van der Waals surface area contributed by atoms with E-state index in [0.717, 1.165) is 6.42 Å². The van der Waals surface area contributed by atoms with E-state index in [0.29, 0.717) is 16.7 Å². The Hall–Kier alpha value is -1.20. The molecule has 5 heteroatoms. The first-order chi connectivity index (χ1) is 8.69. The third-order valence-electron chi connectivity index (χ3n) is 2.48. The van der Waals surface area contributed by atoms with Crippen LogP contribution in [0.25, 0.3) is 0 Å². The number of nitrogens with one attached hydrogen (secondary N) is 1. The van der Waals surface area contributed by atoms with Gasteiger partial charge in [0.05, 0.1) is 6.54 Å². The van der Waals surface area contributed by atoms with Crippen LogP contribution in [0.1, 0.15) is 27.0 Å². The fraction of sp³-hybridized carbons (Fsp3) is 0.231. The molecule has 0 aliphatic carbocycles. The lowest BCUT2D eigenvalue weighted by atomic mass is 10.2. The molecule has 3 nitrogen and oxygen atoms in total. The second-order valence-electron chi connectivity index (χ2n) is 3.77. The quantitative estimate of drug-likeness (QED) is 0.876. The number of pyridine rings is 1. The molecule has 2 aromatic heterocycles. The van der Waals surface area contributed by atoms with Crippen molar-refractivity contribution >= 4 is 33.2 Å². The van der Waals surface area contributed by atoms with E-state index in [2.05, 4.69) is 45.3 Å². The Bertz CT molecular complexity index is 553. The van der Waals surface area contributed by atoms with E-state index in [4.69, 9.17) is 0 Å². The van der Waals surface area contributed by atoms with Crippen LogP contribution in [-0.4, -0.2) is 10.9 Å². The van der Waals surface area contributed by atoms with Crippen molar-refractivity contribution in [2.75, 3.05) is 0 Å². The van der Waals surface area contributed by atoms with Crippen LogP contribution in [0.3, 0.4) is 0 Å². The number of thiophene rings is 1. The molecule has 0 radical (unpaired) electrons. The average molecular weight is 325 g/mol. The standard InChI is InChI=1S/C13H13BrN2OS/c1-2-10-3-4-11(18-10)8-16-13(17)9-5-6-15-12(14)7-9/h3-7H,2,8H2,1H3,(H,16,17). The third-order valence-corrected chi connectivity index (χ3v) is 4.14. The highest BCUT2D eigenvalue weighted by Gasteiger charge is 2.06. The van der Waals surface area contributed by atoms with Gasteiger partial charge in [-0.1, -0.05) is 6.92 Å². The summed E-state index contributed by atoms with van der Waals surface area (Å²) in [5.74, 6) is -0.0791. The van der Waals surface area contributed by atoms with Gasteiger partial charge in [-0.3, -0.25) is 4.79 Å². The molecule has 0 aliphatic heterocycles. The Kier molecular flexibility index (Phi) is 4.49. The molecule has 0 saturated carbocycles. The summed E-state index contributed by atoms with van der Waals surface area (Å²) < 4.78 is 0.666. The minimum Gasteiger partial charge on any atom is -0.347 e. The van der Waals surface area contributed by atoms with Gasteiger partial charge in [0, 0.05) is 21.5 Å². The molecule has 0 fully saturated rings. The van der Waals surface area contributed by atoms with Crippen molar-refractivity contribution < 1.29 is 4.79 Å². The summed E-state index contributed by atoms with van der Waals surface area (Å²) in [5, 5.41) is 2.90. The zero-order valence-corrected chi connectivity index (χ0v) is 12.3. The lowest BCUT2D eigenvalue weighted by Gasteiger charge is -2.03. The number of hydrogen-bond acceptors (Lipinski definition) is 3. The van der Waals surface area contributed by atoms with E-state index < -0.39 is 0 Å². The van der Waals surface area contributed by atoms with Gasteiger partial charge in [-0.05, 0) is 46.6 Å². The van der Waals surface area contributed by atoms with Crippen molar-refractivity contribution in [2.45, 2.75) is 19.9 Å². The van der Waals surface area contributed by atoms with Crippen molar-refractivity contribution in [3.8, 4) is 0 Å². The Labute approximate surface area is 118 Å². The molecule has 2 heterocycles. The van der Waals surface area contributed by atoms with Gasteiger partial charge in [-0.15, -0.1) is 11.3 Å². The molecule has 2 rings (SSSR count). The van der Waals surface area contributed by atoms with Crippen molar-refractivity contribution in [3.63, 3.8) is 0 Å². The number of carbonyl (C=O) groups is 1. The van der Waals surface area contributed by atoms with E-state index in [1.807, 2.05) is 0 Å². The SMILES string of the molecule is CCc1ccc(CNC(=O)c2ccnc(Br)c2)s1. The van der Waals surface area contributed by atoms with Crippen molar-refractivity contribution in [3.05, 3.63) is 50.4 Å². The fourth-order valence-electron chi connectivity index (χ4n) is 1.52. The second-order valence-corrected chi connectivity index (χ2v) is 5.84. The number of aromatic nitrogens is 1. The first kappa shape index (κ1) is 13.2. The van der Waals surface area contributed by atoms with Crippen LogP contribution in [-0.2, 0) is 13.0 Å². The van der Waals surface area contributed by atoms with Crippen molar-refractivity contribution in [1.29, 1.82) is 0 Å². The van der Waals surface area contributed by atoms with Gasteiger partial charge < -0.3 is 5.32 Å². The van der Waals surface area contributed by atoms with E-state index in [-0.39, 0.29) is 5.91 Å². The smallest absolute Gasteiger partial charge is 0.251 e. The summed E-state index contributed by atoms with van der Waals surface area (Å²) in [5.41, 5.74) is 0.615. The predicted molar refractivity (Wildman–Crippen MR) is 76.8 cm³/mol. The number of amides is 1. The summed E-state index contributed by atoms with van der Waals surface area (Å²) in [4.78, 5) is 18.4. The third kappa shape index (κ3) is 3.40. The molecule has 94 valence electrons. The lowest BCUT2D eigenvalue weighted by Crippen LogP contribution is -2.22. The molecular weight excluding hydrogens is 312 g/mol. The number of rotatable bonds is 4. The average Bonchev–Trinajstić information content (AvgIpc) is 2.84. The zero-order valence-electron chi connectivity index (χ0n) is 9.94. The largest absolute Gasteiger partial charge is 0.347 e. The van der Waals surface area contributed by atoms with E-state index in [9.17, 15) is 4.79 Å². The number of aryl methyl sites for hydroxylation is 1. The van der Waals surface area contributed by atoms with Crippen LogP contribution in [0.2, 0.25) is 0 Å². The van der Waals surface area contributed by atoms with E-state index in [1.165, 1.54) is 9.75 Å².